The molecule has 1 saturated heterocycles. The van der Waals surface area contributed by atoms with Crippen LogP contribution in [0.1, 0.15) is 36.0 Å². The maximum absolute atomic E-state index is 6.02. The van der Waals surface area contributed by atoms with Crippen LogP contribution >= 0.6 is 11.6 Å². The summed E-state index contributed by atoms with van der Waals surface area (Å²) >= 11 is 6.02. The number of aryl methyl sites for hydroxylation is 2. The number of guanidine groups is 1. The van der Waals surface area contributed by atoms with Crippen molar-refractivity contribution in [3.8, 4) is 0 Å². The molecule has 1 heterocycles. The minimum Gasteiger partial charge on any atom is -0.370 e. The Balaban J connectivity index is 0.000000197. The van der Waals surface area contributed by atoms with Gasteiger partial charge in [-0.05, 0) is 74.7 Å². The largest absolute Gasteiger partial charge is 0.370 e. The molecular formula is C21H29ClN4. The molecular weight excluding hydrogens is 344 g/mol. The number of para-hydroxylation sites is 1. The van der Waals surface area contributed by atoms with E-state index in [0.29, 0.717) is 0 Å². The fourth-order valence-corrected chi connectivity index (χ4v) is 3.19. The number of likely N-dealkylation sites (tertiary alicyclic amines) is 1. The molecule has 3 rings (SSSR count). The van der Waals surface area contributed by atoms with E-state index >= 15 is 0 Å². The monoisotopic (exact) mass is 372 g/mol. The molecule has 4 nitrogen and oxygen atoms in total. The van der Waals surface area contributed by atoms with Gasteiger partial charge in [-0.15, -0.1) is 0 Å². The normalized spacial score (nSPS) is 14.3. The molecule has 0 aromatic heterocycles. The fraction of sp³-hybridized carbons (Fsp3) is 0.381. The van der Waals surface area contributed by atoms with Gasteiger partial charge in [0.2, 0.25) is 0 Å². The summed E-state index contributed by atoms with van der Waals surface area (Å²) in [5, 5.41) is 0.854. The first-order valence-corrected chi connectivity index (χ1v) is 9.46. The Morgan fingerprint density at radius 2 is 1.69 bits per heavy atom. The number of benzene rings is 2. The summed E-state index contributed by atoms with van der Waals surface area (Å²) in [7, 11) is 0. The lowest BCUT2D eigenvalue weighted by molar-refractivity contribution is 0.220. The zero-order valence-electron chi connectivity index (χ0n) is 15.7. The molecule has 0 atom stereocenters. The SMILES string of the molecule is Cc1ccc(Cl)cc1CN1CCCCC1.Cc1ccccc1N=C(N)N. The molecule has 1 aliphatic heterocycles. The number of nitrogens with zero attached hydrogens (tertiary/aromatic N) is 2. The number of rotatable bonds is 3. The summed E-state index contributed by atoms with van der Waals surface area (Å²) < 4.78 is 0. The predicted octanol–water partition coefficient (Wildman–Crippen LogP) is 4.53. The highest BCUT2D eigenvalue weighted by Gasteiger charge is 2.11. The topological polar surface area (TPSA) is 67.6 Å². The van der Waals surface area contributed by atoms with Crippen LogP contribution in [0.2, 0.25) is 5.02 Å². The first-order chi connectivity index (χ1) is 12.5. The molecule has 4 N–H and O–H groups in total. The van der Waals surface area contributed by atoms with Crippen LogP contribution in [0, 0.1) is 13.8 Å². The van der Waals surface area contributed by atoms with Crippen molar-refractivity contribution in [2.24, 2.45) is 16.5 Å². The number of hydrogen-bond acceptors (Lipinski definition) is 2. The first-order valence-electron chi connectivity index (χ1n) is 9.08. The third kappa shape index (κ3) is 6.70. The van der Waals surface area contributed by atoms with E-state index in [-0.39, 0.29) is 5.96 Å². The lowest BCUT2D eigenvalue weighted by atomic mass is 10.1. The Hall–Kier alpha value is -2.04. The zero-order chi connectivity index (χ0) is 18.9. The van der Waals surface area contributed by atoms with E-state index in [1.54, 1.807) is 0 Å². The summed E-state index contributed by atoms with van der Waals surface area (Å²) in [6.07, 6.45) is 4.09. The van der Waals surface area contributed by atoms with Crippen molar-refractivity contribution in [2.45, 2.75) is 39.7 Å². The van der Waals surface area contributed by atoms with Gasteiger partial charge in [-0.1, -0.05) is 42.3 Å². The van der Waals surface area contributed by atoms with Crippen LogP contribution in [0.4, 0.5) is 5.69 Å². The molecule has 2 aromatic carbocycles. The van der Waals surface area contributed by atoms with E-state index in [2.05, 4.69) is 28.9 Å². The summed E-state index contributed by atoms with van der Waals surface area (Å²) in [6, 6.07) is 13.9. The summed E-state index contributed by atoms with van der Waals surface area (Å²) in [5.41, 5.74) is 15.1. The van der Waals surface area contributed by atoms with Crippen LogP contribution in [-0.4, -0.2) is 23.9 Å². The molecule has 0 unspecified atom stereocenters. The second kappa shape index (κ2) is 10.2. The van der Waals surface area contributed by atoms with Crippen molar-refractivity contribution < 1.29 is 0 Å². The quantitative estimate of drug-likeness (QED) is 0.614. The van der Waals surface area contributed by atoms with Gasteiger partial charge < -0.3 is 11.5 Å². The van der Waals surface area contributed by atoms with Gasteiger partial charge in [0.05, 0.1) is 5.69 Å². The lowest BCUT2D eigenvalue weighted by Gasteiger charge is -2.27. The van der Waals surface area contributed by atoms with E-state index in [9.17, 15) is 0 Å². The van der Waals surface area contributed by atoms with Crippen molar-refractivity contribution in [3.63, 3.8) is 0 Å². The fourth-order valence-electron chi connectivity index (χ4n) is 3.00. The lowest BCUT2D eigenvalue weighted by Crippen LogP contribution is -2.29. The van der Waals surface area contributed by atoms with E-state index in [0.717, 1.165) is 22.8 Å². The number of aliphatic imine (C=N–C) groups is 1. The molecule has 0 saturated carbocycles. The van der Waals surface area contributed by atoms with Gasteiger partial charge in [0.25, 0.3) is 0 Å². The zero-order valence-corrected chi connectivity index (χ0v) is 16.5. The van der Waals surface area contributed by atoms with Crippen LogP contribution in [0.25, 0.3) is 0 Å². The third-order valence-corrected chi connectivity index (χ3v) is 4.75. The Kier molecular flexibility index (Phi) is 7.95. The molecule has 140 valence electrons. The van der Waals surface area contributed by atoms with Crippen LogP contribution < -0.4 is 11.5 Å². The van der Waals surface area contributed by atoms with E-state index < -0.39 is 0 Å². The standard InChI is InChI=1S/C13H18ClN.C8H11N3/c1-11-5-6-13(14)9-12(11)10-15-7-3-2-4-8-15;1-6-4-2-3-5-7(6)11-8(9)10/h5-6,9H,2-4,7-8,10H2,1H3;2-5H,1H3,(H4,9,10,11). The minimum absolute atomic E-state index is 0.0966. The highest BCUT2D eigenvalue weighted by atomic mass is 35.5. The molecule has 2 aromatic rings. The third-order valence-electron chi connectivity index (χ3n) is 4.52. The number of halogens is 1. The van der Waals surface area contributed by atoms with Crippen LogP contribution in [0.5, 0.6) is 0 Å². The summed E-state index contributed by atoms with van der Waals surface area (Å²) in [4.78, 5) is 6.46. The Morgan fingerprint density at radius 1 is 1.00 bits per heavy atom. The van der Waals surface area contributed by atoms with Crippen molar-refractivity contribution in [3.05, 3.63) is 64.2 Å². The molecule has 0 radical (unpaired) electrons. The van der Waals surface area contributed by atoms with Crippen LogP contribution in [0.15, 0.2) is 47.5 Å². The van der Waals surface area contributed by atoms with Gasteiger partial charge in [-0.25, -0.2) is 4.99 Å². The van der Waals surface area contributed by atoms with Crippen LogP contribution in [-0.2, 0) is 6.54 Å². The molecule has 26 heavy (non-hydrogen) atoms. The van der Waals surface area contributed by atoms with Crippen molar-refractivity contribution in [1.29, 1.82) is 0 Å². The van der Waals surface area contributed by atoms with E-state index in [4.69, 9.17) is 23.1 Å². The first kappa shape index (κ1) is 20.3. The second-order valence-corrected chi connectivity index (χ2v) is 7.17. The molecule has 0 spiro atoms. The van der Waals surface area contributed by atoms with E-state index in [1.165, 1.54) is 43.5 Å². The highest BCUT2D eigenvalue weighted by Crippen LogP contribution is 2.19. The number of hydrogen-bond donors (Lipinski definition) is 2. The average molecular weight is 373 g/mol. The van der Waals surface area contributed by atoms with Crippen molar-refractivity contribution in [2.75, 3.05) is 13.1 Å². The van der Waals surface area contributed by atoms with Gasteiger partial charge in [-0.3, -0.25) is 4.90 Å². The predicted molar refractivity (Wildman–Crippen MR) is 112 cm³/mol. The highest BCUT2D eigenvalue weighted by molar-refractivity contribution is 6.30. The molecule has 0 aliphatic carbocycles. The summed E-state index contributed by atoms with van der Waals surface area (Å²) in [5.74, 6) is 0.0966. The molecule has 1 fully saturated rings. The molecule has 0 bridgehead atoms. The van der Waals surface area contributed by atoms with Crippen LogP contribution in [0.3, 0.4) is 0 Å². The van der Waals surface area contributed by atoms with E-state index in [1.807, 2.05) is 37.3 Å². The smallest absolute Gasteiger partial charge is 0.191 e. The minimum atomic E-state index is 0.0966. The average Bonchev–Trinajstić information content (AvgIpc) is 2.61. The van der Waals surface area contributed by atoms with Gasteiger partial charge in [0.1, 0.15) is 0 Å². The summed E-state index contributed by atoms with van der Waals surface area (Å²) in [6.45, 7) is 7.67. The number of piperidine rings is 1. The van der Waals surface area contributed by atoms with Crippen molar-refractivity contribution >= 4 is 23.2 Å². The number of nitrogens with two attached hydrogens (primary N) is 2. The molecule has 1 aliphatic rings. The maximum Gasteiger partial charge on any atom is 0.191 e. The Labute approximate surface area is 161 Å². The van der Waals surface area contributed by atoms with Crippen molar-refractivity contribution in [1.82, 2.24) is 4.90 Å². The molecule has 0 amide bonds. The maximum atomic E-state index is 6.02. The Morgan fingerprint density at radius 3 is 2.35 bits per heavy atom. The van der Waals surface area contributed by atoms with Gasteiger partial charge in [0.15, 0.2) is 5.96 Å². The molecule has 5 heteroatoms. The van der Waals surface area contributed by atoms with Gasteiger partial charge in [-0.2, -0.15) is 0 Å². The van der Waals surface area contributed by atoms with Gasteiger partial charge in [0, 0.05) is 11.6 Å². The second-order valence-electron chi connectivity index (χ2n) is 6.73. The Bertz CT molecular complexity index is 733. The van der Waals surface area contributed by atoms with Gasteiger partial charge >= 0.3 is 0 Å².